The fourth-order valence-electron chi connectivity index (χ4n) is 1.29. The SMILES string of the molecule is Cc1cncc(NCc2ccc(Cl)s2)c1. The van der Waals surface area contributed by atoms with Crippen LogP contribution in [-0.2, 0) is 6.54 Å². The molecule has 0 saturated carbocycles. The maximum absolute atomic E-state index is 5.85. The Morgan fingerprint density at radius 2 is 2.27 bits per heavy atom. The highest BCUT2D eigenvalue weighted by molar-refractivity contribution is 7.16. The summed E-state index contributed by atoms with van der Waals surface area (Å²) in [7, 11) is 0. The Bertz CT molecular complexity index is 453. The zero-order valence-corrected chi connectivity index (χ0v) is 9.90. The molecule has 0 unspecified atom stereocenters. The highest BCUT2D eigenvalue weighted by Gasteiger charge is 1.98. The van der Waals surface area contributed by atoms with Gasteiger partial charge in [0.25, 0.3) is 0 Å². The number of pyridine rings is 1. The second-order valence-electron chi connectivity index (χ2n) is 3.31. The van der Waals surface area contributed by atoms with Gasteiger partial charge in [0.05, 0.1) is 10.0 Å². The molecular weight excluding hydrogens is 228 g/mol. The summed E-state index contributed by atoms with van der Waals surface area (Å²) in [5.41, 5.74) is 2.20. The highest BCUT2D eigenvalue weighted by atomic mass is 35.5. The van der Waals surface area contributed by atoms with Crippen LogP contribution >= 0.6 is 22.9 Å². The van der Waals surface area contributed by atoms with Crippen molar-refractivity contribution in [3.8, 4) is 0 Å². The normalized spacial score (nSPS) is 10.3. The number of nitrogens with zero attached hydrogens (tertiary/aromatic N) is 1. The lowest BCUT2D eigenvalue weighted by molar-refractivity contribution is 1.16. The molecule has 0 amide bonds. The van der Waals surface area contributed by atoms with Crippen molar-refractivity contribution in [1.82, 2.24) is 4.98 Å². The standard InChI is InChI=1S/C11H11ClN2S/c1-8-4-9(6-13-5-8)14-7-10-2-3-11(12)15-10/h2-6,14H,7H2,1H3. The molecule has 4 heteroatoms. The van der Waals surface area contributed by atoms with Crippen LogP contribution in [0.4, 0.5) is 5.69 Å². The third-order valence-electron chi connectivity index (χ3n) is 1.97. The van der Waals surface area contributed by atoms with Gasteiger partial charge >= 0.3 is 0 Å². The number of thiophene rings is 1. The molecule has 0 saturated heterocycles. The highest BCUT2D eigenvalue weighted by Crippen LogP contribution is 2.22. The van der Waals surface area contributed by atoms with Gasteiger partial charge in [0.2, 0.25) is 0 Å². The monoisotopic (exact) mass is 238 g/mol. The van der Waals surface area contributed by atoms with E-state index in [1.165, 1.54) is 4.88 Å². The van der Waals surface area contributed by atoms with Crippen molar-refractivity contribution in [2.24, 2.45) is 0 Å². The number of rotatable bonds is 3. The molecule has 0 aliphatic rings. The van der Waals surface area contributed by atoms with Crippen LogP contribution in [0.3, 0.4) is 0 Å². The maximum Gasteiger partial charge on any atom is 0.0931 e. The van der Waals surface area contributed by atoms with Crippen molar-refractivity contribution in [2.45, 2.75) is 13.5 Å². The minimum Gasteiger partial charge on any atom is -0.379 e. The lowest BCUT2D eigenvalue weighted by Crippen LogP contribution is -1.97. The number of nitrogens with one attached hydrogen (secondary N) is 1. The van der Waals surface area contributed by atoms with E-state index in [1.807, 2.05) is 31.5 Å². The van der Waals surface area contributed by atoms with E-state index in [0.717, 1.165) is 22.1 Å². The van der Waals surface area contributed by atoms with Crippen LogP contribution in [0.15, 0.2) is 30.6 Å². The summed E-state index contributed by atoms with van der Waals surface area (Å²) in [6.45, 7) is 2.82. The third-order valence-corrected chi connectivity index (χ3v) is 3.20. The van der Waals surface area contributed by atoms with E-state index in [0.29, 0.717) is 0 Å². The summed E-state index contributed by atoms with van der Waals surface area (Å²) in [6.07, 6.45) is 3.66. The van der Waals surface area contributed by atoms with E-state index in [4.69, 9.17) is 11.6 Å². The Labute approximate surface area is 97.9 Å². The lowest BCUT2D eigenvalue weighted by atomic mass is 10.3. The largest absolute Gasteiger partial charge is 0.379 e. The third kappa shape index (κ3) is 2.94. The molecule has 0 spiro atoms. The molecule has 2 rings (SSSR count). The van der Waals surface area contributed by atoms with Gasteiger partial charge in [-0.25, -0.2) is 0 Å². The predicted octanol–water partition coefficient (Wildman–Crippen LogP) is 3.72. The molecule has 0 bridgehead atoms. The summed E-state index contributed by atoms with van der Waals surface area (Å²) in [5, 5.41) is 3.30. The average molecular weight is 239 g/mol. The zero-order valence-electron chi connectivity index (χ0n) is 8.33. The summed E-state index contributed by atoms with van der Waals surface area (Å²) in [4.78, 5) is 5.34. The number of hydrogen-bond acceptors (Lipinski definition) is 3. The Kier molecular flexibility index (Phi) is 3.23. The fraction of sp³-hybridized carbons (Fsp3) is 0.182. The van der Waals surface area contributed by atoms with Gasteiger partial charge in [0.1, 0.15) is 0 Å². The minimum absolute atomic E-state index is 0.794. The van der Waals surface area contributed by atoms with Gasteiger partial charge in [-0.3, -0.25) is 4.98 Å². The van der Waals surface area contributed by atoms with E-state index < -0.39 is 0 Å². The first-order chi connectivity index (χ1) is 7.24. The molecule has 2 aromatic heterocycles. The molecule has 0 atom stereocenters. The summed E-state index contributed by atoms with van der Waals surface area (Å²) in [5.74, 6) is 0. The molecule has 15 heavy (non-hydrogen) atoms. The number of hydrogen-bond donors (Lipinski definition) is 1. The second kappa shape index (κ2) is 4.64. The van der Waals surface area contributed by atoms with Crippen LogP contribution in [0.25, 0.3) is 0 Å². The molecule has 0 aliphatic carbocycles. The van der Waals surface area contributed by atoms with Gasteiger partial charge in [0, 0.05) is 23.8 Å². The summed E-state index contributed by atoms with van der Waals surface area (Å²) in [6, 6.07) is 6.02. The fourth-order valence-corrected chi connectivity index (χ4v) is 2.31. The number of halogens is 1. The van der Waals surface area contributed by atoms with Crippen molar-refractivity contribution in [3.05, 3.63) is 45.4 Å². The summed E-state index contributed by atoms with van der Waals surface area (Å²) < 4.78 is 0.828. The average Bonchev–Trinajstić information content (AvgIpc) is 2.62. The van der Waals surface area contributed by atoms with Gasteiger partial charge in [-0.05, 0) is 30.7 Å². The Morgan fingerprint density at radius 3 is 2.93 bits per heavy atom. The molecule has 0 aliphatic heterocycles. The van der Waals surface area contributed by atoms with Gasteiger partial charge in [-0.15, -0.1) is 11.3 Å². The molecular formula is C11H11ClN2S. The van der Waals surface area contributed by atoms with Crippen molar-refractivity contribution in [3.63, 3.8) is 0 Å². The van der Waals surface area contributed by atoms with Crippen LogP contribution in [0.2, 0.25) is 4.34 Å². The van der Waals surface area contributed by atoms with Crippen LogP contribution in [-0.4, -0.2) is 4.98 Å². The van der Waals surface area contributed by atoms with Crippen molar-refractivity contribution in [1.29, 1.82) is 0 Å². The molecule has 1 N–H and O–H groups in total. The Balaban J connectivity index is 1.99. The molecule has 78 valence electrons. The first-order valence-corrected chi connectivity index (χ1v) is 5.83. The topological polar surface area (TPSA) is 24.9 Å². The molecule has 2 nitrogen and oxygen atoms in total. The second-order valence-corrected chi connectivity index (χ2v) is 5.11. The minimum atomic E-state index is 0.794. The Hall–Kier alpha value is -1.06. The van der Waals surface area contributed by atoms with E-state index in [9.17, 15) is 0 Å². The number of aromatic nitrogens is 1. The van der Waals surface area contributed by atoms with Gasteiger partial charge in [-0.1, -0.05) is 11.6 Å². The molecule has 2 heterocycles. The molecule has 2 aromatic rings. The van der Waals surface area contributed by atoms with Gasteiger partial charge < -0.3 is 5.32 Å². The van der Waals surface area contributed by atoms with Crippen molar-refractivity contribution < 1.29 is 0 Å². The maximum atomic E-state index is 5.85. The first kappa shape index (κ1) is 10.5. The van der Waals surface area contributed by atoms with Crippen molar-refractivity contribution >= 4 is 28.6 Å². The van der Waals surface area contributed by atoms with Crippen LogP contribution < -0.4 is 5.32 Å². The lowest BCUT2D eigenvalue weighted by Gasteiger charge is -2.04. The van der Waals surface area contributed by atoms with E-state index in [1.54, 1.807) is 11.3 Å². The summed E-state index contributed by atoms with van der Waals surface area (Å²) >= 11 is 7.44. The smallest absolute Gasteiger partial charge is 0.0931 e. The van der Waals surface area contributed by atoms with Crippen LogP contribution in [0.1, 0.15) is 10.4 Å². The molecule has 0 radical (unpaired) electrons. The Morgan fingerprint density at radius 1 is 1.40 bits per heavy atom. The number of anilines is 1. The molecule has 0 fully saturated rings. The van der Waals surface area contributed by atoms with E-state index in [-0.39, 0.29) is 0 Å². The van der Waals surface area contributed by atoms with E-state index >= 15 is 0 Å². The van der Waals surface area contributed by atoms with Gasteiger partial charge in [0.15, 0.2) is 0 Å². The predicted molar refractivity (Wildman–Crippen MR) is 65.6 cm³/mol. The zero-order chi connectivity index (χ0) is 10.7. The van der Waals surface area contributed by atoms with Crippen LogP contribution in [0.5, 0.6) is 0 Å². The van der Waals surface area contributed by atoms with Gasteiger partial charge in [-0.2, -0.15) is 0 Å². The van der Waals surface area contributed by atoms with Crippen molar-refractivity contribution in [2.75, 3.05) is 5.32 Å². The quantitative estimate of drug-likeness (QED) is 0.882. The molecule has 0 aromatic carbocycles. The number of aryl methyl sites for hydroxylation is 1. The van der Waals surface area contributed by atoms with E-state index in [2.05, 4.69) is 16.4 Å². The first-order valence-electron chi connectivity index (χ1n) is 4.64. The van der Waals surface area contributed by atoms with Crippen LogP contribution in [0, 0.1) is 6.92 Å².